The minimum absolute atomic E-state index is 0.205. The van der Waals surface area contributed by atoms with Crippen molar-refractivity contribution in [2.75, 3.05) is 0 Å². The van der Waals surface area contributed by atoms with Crippen molar-refractivity contribution in [1.82, 2.24) is 4.57 Å². The topological polar surface area (TPSA) is 22.0 Å². The molecule has 3 rings (SSSR count). The van der Waals surface area contributed by atoms with Gasteiger partial charge in [0.05, 0.1) is 6.54 Å². The first kappa shape index (κ1) is 11.3. The minimum atomic E-state index is 0.205. The third-order valence-electron chi connectivity index (χ3n) is 3.68. The number of pyridine rings is 1. The summed E-state index contributed by atoms with van der Waals surface area (Å²) in [4.78, 5) is 12.4. The molecule has 2 aromatic rings. The van der Waals surface area contributed by atoms with Gasteiger partial charge >= 0.3 is 0 Å². The van der Waals surface area contributed by atoms with E-state index in [2.05, 4.69) is 18.2 Å². The maximum atomic E-state index is 12.4. The zero-order valence-corrected chi connectivity index (χ0v) is 10.4. The lowest BCUT2D eigenvalue weighted by Gasteiger charge is -2.16. The molecule has 1 aliphatic carbocycles. The lowest BCUT2D eigenvalue weighted by Crippen LogP contribution is -2.26. The summed E-state index contributed by atoms with van der Waals surface area (Å²) in [7, 11) is 0. The van der Waals surface area contributed by atoms with E-state index in [1.54, 1.807) is 0 Å². The van der Waals surface area contributed by atoms with Crippen molar-refractivity contribution >= 4 is 0 Å². The van der Waals surface area contributed by atoms with Gasteiger partial charge in [0, 0.05) is 11.8 Å². The monoisotopic (exact) mass is 239 g/mol. The Morgan fingerprint density at radius 2 is 1.78 bits per heavy atom. The number of rotatable bonds is 2. The van der Waals surface area contributed by atoms with Crippen LogP contribution in [-0.4, -0.2) is 4.57 Å². The molecule has 0 radical (unpaired) electrons. The molecule has 0 saturated carbocycles. The van der Waals surface area contributed by atoms with Gasteiger partial charge in [0.1, 0.15) is 0 Å². The molecule has 0 spiro atoms. The Morgan fingerprint density at radius 1 is 1.00 bits per heavy atom. The molecule has 92 valence electrons. The normalized spacial score (nSPS) is 14.2. The predicted molar refractivity (Wildman–Crippen MR) is 72.9 cm³/mol. The van der Waals surface area contributed by atoms with Gasteiger partial charge in [-0.1, -0.05) is 30.3 Å². The smallest absolute Gasteiger partial charge is 0.254 e. The van der Waals surface area contributed by atoms with Crippen LogP contribution >= 0.6 is 0 Å². The molecule has 18 heavy (non-hydrogen) atoms. The Morgan fingerprint density at radius 3 is 2.61 bits per heavy atom. The second-order valence-corrected chi connectivity index (χ2v) is 4.95. The molecule has 1 aliphatic rings. The fourth-order valence-corrected chi connectivity index (χ4v) is 2.68. The van der Waals surface area contributed by atoms with E-state index >= 15 is 0 Å². The van der Waals surface area contributed by atoms with Gasteiger partial charge in [-0.05, 0) is 42.9 Å². The van der Waals surface area contributed by atoms with E-state index in [-0.39, 0.29) is 5.56 Å². The van der Waals surface area contributed by atoms with Crippen LogP contribution in [0.3, 0.4) is 0 Å². The minimum Gasteiger partial charge on any atom is -0.311 e. The summed E-state index contributed by atoms with van der Waals surface area (Å²) < 4.78 is 1.83. The molecule has 0 amide bonds. The van der Waals surface area contributed by atoms with Gasteiger partial charge in [0.2, 0.25) is 0 Å². The molecular formula is C16H17NO. The van der Waals surface area contributed by atoms with Crippen molar-refractivity contribution in [2.24, 2.45) is 0 Å². The zero-order valence-electron chi connectivity index (χ0n) is 10.4. The molecule has 0 aliphatic heterocycles. The van der Waals surface area contributed by atoms with Crippen LogP contribution in [0.2, 0.25) is 0 Å². The van der Waals surface area contributed by atoms with Crippen LogP contribution in [0, 0.1) is 0 Å². The molecule has 0 bridgehead atoms. The highest BCUT2D eigenvalue weighted by Gasteiger charge is 2.13. The summed E-state index contributed by atoms with van der Waals surface area (Å²) >= 11 is 0. The first-order valence-electron chi connectivity index (χ1n) is 6.60. The van der Waals surface area contributed by atoms with Gasteiger partial charge in [-0.3, -0.25) is 4.79 Å². The average molecular weight is 239 g/mol. The third kappa shape index (κ3) is 2.10. The Balaban J connectivity index is 1.96. The number of hydrogen-bond acceptors (Lipinski definition) is 1. The summed E-state index contributed by atoms with van der Waals surface area (Å²) in [5.41, 5.74) is 3.68. The van der Waals surface area contributed by atoms with Crippen molar-refractivity contribution in [3.63, 3.8) is 0 Å². The fraction of sp³-hybridized carbons (Fsp3) is 0.312. The van der Waals surface area contributed by atoms with Crippen molar-refractivity contribution < 1.29 is 0 Å². The van der Waals surface area contributed by atoms with E-state index in [4.69, 9.17) is 0 Å². The fourth-order valence-electron chi connectivity index (χ4n) is 2.68. The second kappa shape index (κ2) is 4.81. The van der Waals surface area contributed by atoms with Gasteiger partial charge in [-0.2, -0.15) is 0 Å². The summed E-state index contributed by atoms with van der Waals surface area (Å²) in [5.74, 6) is 0. The molecule has 2 heteroatoms. The van der Waals surface area contributed by atoms with Gasteiger partial charge in [-0.15, -0.1) is 0 Å². The van der Waals surface area contributed by atoms with Gasteiger partial charge < -0.3 is 4.57 Å². The standard InChI is InChI=1S/C16H17NO/c18-16-15-9-5-4-8-14(15)10-11-17(16)12-13-6-2-1-3-7-13/h1-3,6-7,10-11H,4-5,8-9,12H2. The highest BCUT2D eigenvalue weighted by Crippen LogP contribution is 2.17. The van der Waals surface area contributed by atoms with E-state index in [0.717, 1.165) is 24.8 Å². The Labute approximate surface area is 107 Å². The highest BCUT2D eigenvalue weighted by atomic mass is 16.1. The number of benzene rings is 1. The Hall–Kier alpha value is -1.83. The van der Waals surface area contributed by atoms with E-state index < -0.39 is 0 Å². The molecular weight excluding hydrogens is 222 g/mol. The second-order valence-electron chi connectivity index (χ2n) is 4.95. The van der Waals surface area contributed by atoms with E-state index in [9.17, 15) is 4.79 Å². The van der Waals surface area contributed by atoms with Crippen LogP contribution in [-0.2, 0) is 19.4 Å². The van der Waals surface area contributed by atoms with Crippen molar-refractivity contribution in [2.45, 2.75) is 32.2 Å². The number of aryl methyl sites for hydroxylation is 1. The maximum Gasteiger partial charge on any atom is 0.254 e. The number of fused-ring (bicyclic) bond motifs is 1. The molecule has 0 fully saturated rings. The predicted octanol–water partition coefficient (Wildman–Crippen LogP) is 2.78. The van der Waals surface area contributed by atoms with Gasteiger partial charge in [0.15, 0.2) is 0 Å². The first-order valence-corrected chi connectivity index (χ1v) is 6.60. The van der Waals surface area contributed by atoms with Gasteiger partial charge in [0.25, 0.3) is 5.56 Å². The zero-order chi connectivity index (χ0) is 12.4. The average Bonchev–Trinajstić information content (AvgIpc) is 2.43. The lowest BCUT2D eigenvalue weighted by atomic mass is 9.93. The lowest BCUT2D eigenvalue weighted by molar-refractivity contribution is 0.651. The van der Waals surface area contributed by atoms with E-state index in [1.807, 2.05) is 29.0 Å². The Kier molecular flexibility index (Phi) is 3.01. The maximum absolute atomic E-state index is 12.4. The van der Waals surface area contributed by atoms with Crippen molar-refractivity contribution in [1.29, 1.82) is 0 Å². The third-order valence-corrected chi connectivity index (χ3v) is 3.68. The van der Waals surface area contributed by atoms with Crippen molar-refractivity contribution in [3.05, 3.63) is 69.6 Å². The largest absolute Gasteiger partial charge is 0.311 e. The van der Waals surface area contributed by atoms with E-state index in [0.29, 0.717) is 6.54 Å². The Bertz CT molecular complexity index is 598. The van der Waals surface area contributed by atoms with Crippen LogP contribution < -0.4 is 5.56 Å². The van der Waals surface area contributed by atoms with Crippen LogP contribution in [0.5, 0.6) is 0 Å². The molecule has 1 aromatic carbocycles. The highest BCUT2D eigenvalue weighted by molar-refractivity contribution is 5.27. The van der Waals surface area contributed by atoms with E-state index in [1.165, 1.54) is 17.5 Å². The molecule has 0 unspecified atom stereocenters. The van der Waals surface area contributed by atoms with Crippen LogP contribution in [0.4, 0.5) is 0 Å². The molecule has 1 aromatic heterocycles. The summed E-state index contributed by atoms with van der Waals surface area (Å²) in [6.45, 7) is 0.674. The van der Waals surface area contributed by atoms with Gasteiger partial charge in [-0.25, -0.2) is 0 Å². The molecule has 0 N–H and O–H groups in total. The molecule has 0 saturated heterocycles. The molecule has 0 atom stereocenters. The first-order chi connectivity index (χ1) is 8.84. The molecule has 1 heterocycles. The number of aromatic nitrogens is 1. The molecule has 2 nitrogen and oxygen atoms in total. The summed E-state index contributed by atoms with van der Waals surface area (Å²) in [6, 6.07) is 12.3. The van der Waals surface area contributed by atoms with Crippen LogP contribution in [0.15, 0.2) is 47.4 Å². The summed E-state index contributed by atoms with van der Waals surface area (Å²) in [5, 5.41) is 0. The van der Waals surface area contributed by atoms with Crippen molar-refractivity contribution in [3.8, 4) is 0 Å². The number of hydrogen-bond donors (Lipinski definition) is 0. The van der Waals surface area contributed by atoms with Crippen LogP contribution in [0.25, 0.3) is 0 Å². The SMILES string of the molecule is O=c1c2c(ccn1Cc1ccccc1)CCCC2. The van der Waals surface area contributed by atoms with Crippen LogP contribution in [0.1, 0.15) is 29.5 Å². The summed E-state index contributed by atoms with van der Waals surface area (Å²) in [6.07, 6.45) is 6.33. The number of nitrogens with zero attached hydrogens (tertiary/aromatic N) is 1. The quantitative estimate of drug-likeness (QED) is 0.790.